The number of rotatable bonds is 4. The number of likely N-dealkylation sites (tertiary alicyclic amines) is 1. The number of nitrogens with one attached hydrogen (secondary N) is 2. The molecule has 1 aromatic heterocycles. The lowest BCUT2D eigenvalue weighted by molar-refractivity contribution is 0.0507. The molecule has 0 aliphatic carbocycles. The highest BCUT2D eigenvalue weighted by Crippen LogP contribution is 2.12. The highest BCUT2D eigenvalue weighted by molar-refractivity contribution is 5.80. The molecule has 1 aliphatic rings. The second kappa shape index (κ2) is 8.08. The largest absolute Gasteiger partial charge is 0.467 e. The van der Waals surface area contributed by atoms with Gasteiger partial charge in [0.15, 0.2) is 5.96 Å². The molecular weight excluding hydrogens is 308 g/mol. The second-order valence-corrected chi connectivity index (χ2v) is 6.83. The molecule has 2 heterocycles. The minimum absolute atomic E-state index is 0.0623. The number of hydrogen-bond acceptors (Lipinski definition) is 4. The van der Waals surface area contributed by atoms with Crippen LogP contribution in [0.1, 0.15) is 39.9 Å². The summed E-state index contributed by atoms with van der Waals surface area (Å²) in [5, 5.41) is 6.22. The number of aliphatic imine (C=N–C) groups is 1. The van der Waals surface area contributed by atoms with Gasteiger partial charge in [0.1, 0.15) is 17.9 Å². The van der Waals surface area contributed by atoms with Crippen molar-refractivity contribution in [3.05, 3.63) is 24.2 Å². The van der Waals surface area contributed by atoms with Crippen molar-refractivity contribution >= 4 is 12.1 Å². The summed E-state index contributed by atoms with van der Waals surface area (Å²) in [7, 11) is 0. The van der Waals surface area contributed by atoms with E-state index in [1.165, 1.54) is 0 Å². The molecule has 2 rings (SSSR count). The summed E-state index contributed by atoms with van der Waals surface area (Å²) < 4.78 is 10.6. The van der Waals surface area contributed by atoms with Crippen LogP contribution in [0.2, 0.25) is 0 Å². The van der Waals surface area contributed by atoms with Crippen molar-refractivity contribution in [1.29, 1.82) is 0 Å². The van der Waals surface area contributed by atoms with Crippen molar-refractivity contribution in [2.24, 2.45) is 4.99 Å². The second-order valence-electron chi connectivity index (χ2n) is 6.83. The quantitative estimate of drug-likeness (QED) is 0.652. The van der Waals surface area contributed by atoms with Gasteiger partial charge in [-0.2, -0.15) is 0 Å². The standard InChI is InChI=1S/C17H28N4O3/c1-5-18-15(19-11-14-7-6-10-23-14)21-9-8-13(12-21)20-16(22)24-17(2,3)4/h6-7,10,13H,5,8-9,11-12H2,1-4H3,(H,18,19)(H,20,22). The van der Waals surface area contributed by atoms with Crippen LogP contribution in [0.5, 0.6) is 0 Å². The number of amides is 1. The zero-order valence-corrected chi connectivity index (χ0v) is 15.0. The first kappa shape index (κ1) is 18.2. The van der Waals surface area contributed by atoms with Crippen LogP contribution in [0.15, 0.2) is 27.8 Å². The first-order chi connectivity index (χ1) is 11.4. The summed E-state index contributed by atoms with van der Waals surface area (Å²) in [4.78, 5) is 18.6. The Morgan fingerprint density at radius 2 is 2.29 bits per heavy atom. The van der Waals surface area contributed by atoms with Crippen LogP contribution in [-0.4, -0.2) is 48.2 Å². The summed E-state index contributed by atoms with van der Waals surface area (Å²) in [5.74, 6) is 1.66. The minimum Gasteiger partial charge on any atom is -0.467 e. The van der Waals surface area contributed by atoms with E-state index in [-0.39, 0.29) is 12.1 Å². The molecule has 1 unspecified atom stereocenters. The van der Waals surface area contributed by atoms with Crippen LogP contribution in [0.3, 0.4) is 0 Å². The van der Waals surface area contributed by atoms with Crippen molar-refractivity contribution in [3.8, 4) is 0 Å². The Morgan fingerprint density at radius 3 is 2.92 bits per heavy atom. The number of hydrogen-bond donors (Lipinski definition) is 2. The maximum atomic E-state index is 11.9. The summed E-state index contributed by atoms with van der Waals surface area (Å²) in [6.07, 6.45) is 2.14. The Kier molecular flexibility index (Phi) is 6.11. The lowest BCUT2D eigenvalue weighted by Crippen LogP contribution is -2.44. The van der Waals surface area contributed by atoms with Gasteiger partial charge in [0, 0.05) is 19.6 Å². The number of ether oxygens (including phenoxy) is 1. The topological polar surface area (TPSA) is 79.1 Å². The molecule has 7 nitrogen and oxygen atoms in total. The monoisotopic (exact) mass is 336 g/mol. The van der Waals surface area contributed by atoms with Crippen molar-refractivity contribution in [2.75, 3.05) is 19.6 Å². The van der Waals surface area contributed by atoms with Crippen molar-refractivity contribution in [3.63, 3.8) is 0 Å². The van der Waals surface area contributed by atoms with Crippen LogP contribution >= 0.6 is 0 Å². The third kappa shape index (κ3) is 5.79. The molecular formula is C17H28N4O3. The fourth-order valence-corrected chi connectivity index (χ4v) is 2.53. The molecule has 1 fully saturated rings. The lowest BCUT2D eigenvalue weighted by Gasteiger charge is -2.23. The SMILES string of the molecule is CCNC(=NCc1ccco1)N1CCC(NC(=O)OC(C)(C)C)C1. The van der Waals surface area contributed by atoms with Gasteiger partial charge in [-0.05, 0) is 46.2 Å². The molecule has 1 saturated heterocycles. The molecule has 1 aliphatic heterocycles. The van der Waals surface area contributed by atoms with E-state index in [1.54, 1.807) is 6.26 Å². The van der Waals surface area contributed by atoms with E-state index < -0.39 is 5.60 Å². The summed E-state index contributed by atoms with van der Waals surface area (Å²) in [6, 6.07) is 3.82. The minimum atomic E-state index is -0.484. The van der Waals surface area contributed by atoms with E-state index in [0.29, 0.717) is 13.1 Å². The molecule has 2 N–H and O–H groups in total. The molecule has 0 aromatic carbocycles. The smallest absolute Gasteiger partial charge is 0.407 e. The Balaban J connectivity index is 1.88. The van der Waals surface area contributed by atoms with Gasteiger partial charge in [0.05, 0.1) is 12.3 Å². The van der Waals surface area contributed by atoms with E-state index in [4.69, 9.17) is 9.15 Å². The zero-order chi connectivity index (χ0) is 17.6. The molecule has 0 spiro atoms. The lowest BCUT2D eigenvalue weighted by atomic mass is 10.2. The summed E-state index contributed by atoms with van der Waals surface area (Å²) in [6.45, 7) is 10.4. The molecule has 1 amide bonds. The fraction of sp³-hybridized carbons (Fsp3) is 0.647. The van der Waals surface area contributed by atoms with E-state index in [1.807, 2.05) is 39.8 Å². The predicted molar refractivity (Wildman–Crippen MR) is 92.9 cm³/mol. The number of carbonyl (C=O) groups excluding carboxylic acids is 1. The molecule has 0 saturated carbocycles. The molecule has 0 bridgehead atoms. The maximum Gasteiger partial charge on any atom is 0.407 e. The van der Waals surface area contributed by atoms with Gasteiger partial charge in [0.2, 0.25) is 0 Å². The number of nitrogens with zero attached hydrogens (tertiary/aromatic N) is 2. The average molecular weight is 336 g/mol. The van der Waals surface area contributed by atoms with Gasteiger partial charge in [-0.3, -0.25) is 0 Å². The maximum absolute atomic E-state index is 11.9. The van der Waals surface area contributed by atoms with Gasteiger partial charge in [0.25, 0.3) is 0 Å². The van der Waals surface area contributed by atoms with E-state index >= 15 is 0 Å². The first-order valence-electron chi connectivity index (χ1n) is 8.42. The number of alkyl carbamates (subject to hydrolysis) is 1. The third-order valence-electron chi connectivity index (χ3n) is 3.51. The highest BCUT2D eigenvalue weighted by atomic mass is 16.6. The average Bonchev–Trinajstić information content (AvgIpc) is 3.12. The molecule has 7 heteroatoms. The predicted octanol–water partition coefficient (Wildman–Crippen LogP) is 2.34. The van der Waals surface area contributed by atoms with Gasteiger partial charge in [-0.15, -0.1) is 0 Å². The normalized spacial score (nSPS) is 18.6. The van der Waals surface area contributed by atoms with E-state index in [9.17, 15) is 4.79 Å². The number of carbonyl (C=O) groups is 1. The number of furan rings is 1. The zero-order valence-electron chi connectivity index (χ0n) is 15.0. The highest BCUT2D eigenvalue weighted by Gasteiger charge is 2.27. The molecule has 134 valence electrons. The number of guanidine groups is 1. The van der Waals surface area contributed by atoms with E-state index in [2.05, 4.69) is 20.5 Å². The Labute approximate surface area is 143 Å². The van der Waals surface area contributed by atoms with Gasteiger partial charge in [-0.25, -0.2) is 9.79 Å². The molecule has 1 atom stereocenters. The Morgan fingerprint density at radius 1 is 1.50 bits per heavy atom. The van der Waals surface area contributed by atoms with Crippen molar-refractivity contribution in [2.45, 2.75) is 52.3 Å². The van der Waals surface area contributed by atoms with Crippen LogP contribution in [0.25, 0.3) is 0 Å². The van der Waals surface area contributed by atoms with Gasteiger partial charge < -0.3 is 24.7 Å². The third-order valence-corrected chi connectivity index (χ3v) is 3.51. The summed E-state index contributed by atoms with van der Waals surface area (Å²) >= 11 is 0. The molecule has 1 aromatic rings. The Bertz CT molecular complexity index is 549. The molecule has 0 radical (unpaired) electrons. The van der Waals surface area contributed by atoms with Crippen LogP contribution in [0.4, 0.5) is 4.79 Å². The van der Waals surface area contributed by atoms with Crippen LogP contribution in [-0.2, 0) is 11.3 Å². The summed E-state index contributed by atoms with van der Waals surface area (Å²) in [5.41, 5.74) is -0.484. The van der Waals surface area contributed by atoms with Crippen LogP contribution < -0.4 is 10.6 Å². The fourth-order valence-electron chi connectivity index (χ4n) is 2.53. The van der Waals surface area contributed by atoms with Gasteiger partial charge in [-0.1, -0.05) is 0 Å². The molecule has 24 heavy (non-hydrogen) atoms. The first-order valence-corrected chi connectivity index (χ1v) is 8.42. The van der Waals surface area contributed by atoms with Crippen molar-refractivity contribution in [1.82, 2.24) is 15.5 Å². The Hall–Kier alpha value is -2.18. The van der Waals surface area contributed by atoms with E-state index in [0.717, 1.165) is 31.2 Å². The van der Waals surface area contributed by atoms with Crippen LogP contribution in [0, 0.1) is 0 Å². The van der Waals surface area contributed by atoms with Gasteiger partial charge >= 0.3 is 6.09 Å². The van der Waals surface area contributed by atoms with Crippen molar-refractivity contribution < 1.29 is 13.9 Å².